The Balaban J connectivity index is 2.21. The largest absolute Gasteiger partial charge is 0.336 e. The number of rotatable bonds is 3. The van der Waals surface area contributed by atoms with E-state index in [1.165, 1.54) is 0 Å². The molecular formula is C10H11IN4O. The maximum atomic E-state index is 11.8. The van der Waals surface area contributed by atoms with E-state index in [9.17, 15) is 4.79 Å². The number of imidazole rings is 1. The minimum absolute atomic E-state index is 0.0215. The molecule has 16 heavy (non-hydrogen) atoms. The van der Waals surface area contributed by atoms with Crippen LogP contribution in [0.3, 0.4) is 0 Å². The molecule has 84 valence electrons. The van der Waals surface area contributed by atoms with E-state index >= 15 is 0 Å². The van der Waals surface area contributed by atoms with E-state index in [2.05, 4.69) is 9.97 Å². The standard InChI is InChI=1S/C10H11IN4O/c1-8-13-6-9(11)10(16)15(8)5-4-14-3-2-12-7-14/h2-3,6-7H,4-5H2,1H3. The maximum absolute atomic E-state index is 11.8. The minimum Gasteiger partial charge on any atom is -0.336 e. The molecule has 0 atom stereocenters. The van der Waals surface area contributed by atoms with Crippen LogP contribution in [0.15, 0.2) is 29.7 Å². The zero-order valence-corrected chi connectivity index (χ0v) is 11.0. The average molecular weight is 330 g/mol. The second-order valence-corrected chi connectivity index (χ2v) is 4.57. The van der Waals surface area contributed by atoms with Gasteiger partial charge in [-0.25, -0.2) is 9.97 Å². The van der Waals surface area contributed by atoms with Crippen molar-refractivity contribution in [3.63, 3.8) is 0 Å². The number of hydrogen-bond donors (Lipinski definition) is 0. The number of aromatic nitrogens is 4. The van der Waals surface area contributed by atoms with E-state index in [1.807, 2.05) is 40.3 Å². The van der Waals surface area contributed by atoms with Crippen LogP contribution in [0.25, 0.3) is 0 Å². The molecule has 0 aliphatic carbocycles. The normalized spacial score (nSPS) is 10.6. The highest BCUT2D eigenvalue weighted by molar-refractivity contribution is 14.1. The number of halogens is 1. The van der Waals surface area contributed by atoms with Gasteiger partial charge in [0, 0.05) is 31.7 Å². The minimum atomic E-state index is 0.0215. The maximum Gasteiger partial charge on any atom is 0.266 e. The van der Waals surface area contributed by atoms with Gasteiger partial charge in [0.25, 0.3) is 5.56 Å². The van der Waals surface area contributed by atoms with Crippen LogP contribution in [0.4, 0.5) is 0 Å². The molecule has 0 amide bonds. The quantitative estimate of drug-likeness (QED) is 0.791. The molecule has 0 N–H and O–H groups in total. The molecule has 2 aromatic rings. The van der Waals surface area contributed by atoms with Crippen LogP contribution in [0.1, 0.15) is 5.82 Å². The highest BCUT2D eigenvalue weighted by Gasteiger charge is 2.04. The molecule has 5 nitrogen and oxygen atoms in total. The first kappa shape index (κ1) is 11.3. The molecule has 0 fully saturated rings. The van der Waals surface area contributed by atoms with Gasteiger partial charge >= 0.3 is 0 Å². The first-order valence-electron chi connectivity index (χ1n) is 4.86. The molecule has 6 heteroatoms. The van der Waals surface area contributed by atoms with Gasteiger partial charge in [0.05, 0.1) is 9.90 Å². The van der Waals surface area contributed by atoms with Crippen molar-refractivity contribution < 1.29 is 0 Å². The first-order valence-corrected chi connectivity index (χ1v) is 5.94. The summed E-state index contributed by atoms with van der Waals surface area (Å²) in [4.78, 5) is 20.0. The van der Waals surface area contributed by atoms with E-state index in [0.29, 0.717) is 10.1 Å². The van der Waals surface area contributed by atoms with Crippen molar-refractivity contribution in [2.75, 3.05) is 0 Å². The Labute approximate surface area is 106 Å². The molecule has 2 heterocycles. The summed E-state index contributed by atoms with van der Waals surface area (Å²) in [6, 6.07) is 0. The predicted octanol–water partition coefficient (Wildman–Crippen LogP) is 1.05. The third-order valence-corrected chi connectivity index (χ3v) is 3.09. The second-order valence-electron chi connectivity index (χ2n) is 3.41. The van der Waals surface area contributed by atoms with Crippen molar-refractivity contribution in [1.82, 2.24) is 19.1 Å². The molecule has 0 spiro atoms. The van der Waals surface area contributed by atoms with Crippen LogP contribution in [0, 0.1) is 10.5 Å². The predicted molar refractivity (Wildman–Crippen MR) is 68.2 cm³/mol. The van der Waals surface area contributed by atoms with Gasteiger partial charge in [0.2, 0.25) is 0 Å². The molecule has 2 aromatic heterocycles. The topological polar surface area (TPSA) is 52.7 Å². The number of hydrogen-bond acceptors (Lipinski definition) is 3. The van der Waals surface area contributed by atoms with Crippen molar-refractivity contribution in [3.8, 4) is 0 Å². The van der Waals surface area contributed by atoms with Crippen molar-refractivity contribution in [2.24, 2.45) is 0 Å². The second kappa shape index (κ2) is 4.77. The summed E-state index contributed by atoms with van der Waals surface area (Å²) < 4.78 is 4.27. The van der Waals surface area contributed by atoms with Crippen molar-refractivity contribution in [2.45, 2.75) is 20.0 Å². The SMILES string of the molecule is Cc1ncc(I)c(=O)n1CCn1ccnc1. The summed E-state index contributed by atoms with van der Waals surface area (Å²) in [7, 11) is 0. The van der Waals surface area contributed by atoms with Gasteiger partial charge in [0.15, 0.2) is 0 Å². The van der Waals surface area contributed by atoms with Gasteiger partial charge in [-0.15, -0.1) is 0 Å². The van der Waals surface area contributed by atoms with Gasteiger partial charge in [-0.1, -0.05) is 0 Å². The number of aryl methyl sites for hydroxylation is 2. The van der Waals surface area contributed by atoms with E-state index in [0.717, 1.165) is 12.4 Å². The Bertz CT molecular complexity index is 532. The zero-order valence-electron chi connectivity index (χ0n) is 8.80. The summed E-state index contributed by atoms with van der Waals surface area (Å²) in [6.07, 6.45) is 6.94. The van der Waals surface area contributed by atoms with Crippen LogP contribution in [-0.2, 0) is 13.1 Å². The van der Waals surface area contributed by atoms with E-state index in [4.69, 9.17) is 0 Å². The van der Waals surface area contributed by atoms with Crippen molar-refractivity contribution >= 4 is 22.6 Å². The summed E-state index contributed by atoms with van der Waals surface area (Å²) >= 11 is 2.00. The van der Waals surface area contributed by atoms with Gasteiger partial charge in [-0.2, -0.15) is 0 Å². The Morgan fingerprint density at radius 1 is 1.44 bits per heavy atom. The lowest BCUT2D eigenvalue weighted by atomic mass is 10.5. The highest BCUT2D eigenvalue weighted by atomic mass is 127. The third-order valence-electron chi connectivity index (χ3n) is 2.35. The molecule has 0 aromatic carbocycles. The lowest BCUT2D eigenvalue weighted by Gasteiger charge is -2.09. The Morgan fingerprint density at radius 2 is 2.25 bits per heavy atom. The van der Waals surface area contributed by atoms with Gasteiger partial charge in [0.1, 0.15) is 5.82 Å². The molecule has 2 rings (SSSR count). The molecule has 0 saturated carbocycles. The molecule has 0 aliphatic heterocycles. The third kappa shape index (κ3) is 2.31. The van der Waals surface area contributed by atoms with Crippen LogP contribution < -0.4 is 5.56 Å². The molecule has 0 aliphatic rings. The van der Waals surface area contributed by atoms with Gasteiger partial charge < -0.3 is 4.57 Å². The molecule has 0 radical (unpaired) electrons. The van der Waals surface area contributed by atoms with Crippen molar-refractivity contribution in [3.05, 3.63) is 44.7 Å². The lowest BCUT2D eigenvalue weighted by molar-refractivity contribution is 0.543. The summed E-state index contributed by atoms with van der Waals surface area (Å²) in [5, 5.41) is 0. The fourth-order valence-corrected chi connectivity index (χ4v) is 1.88. The summed E-state index contributed by atoms with van der Waals surface area (Å²) in [6.45, 7) is 3.18. The Morgan fingerprint density at radius 3 is 2.94 bits per heavy atom. The lowest BCUT2D eigenvalue weighted by Crippen LogP contribution is -2.27. The van der Waals surface area contributed by atoms with Crippen LogP contribution in [0.2, 0.25) is 0 Å². The first-order chi connectivity index (χ1) is 7.68. The smallest absolute Gasteiger partial charge is 0.266 e. The van der Waals surface area contributed by atoms with Crippen molar-refractivity contribution in [1.29, 1.82) is 0 Å². The Hall–Kier alpha value is -1.18. The van der Waals surface area contributed by atoms with Crippen LogP contribution in [-0.4, -0.2) is 19.1 Å². The van der Waals surface area contributed by atoms with Crippen LogP contribution >= 0.6 is 22.6 Å². The van der Waals surface area contributed by atoms with Gasteiger partial charge in [-0.3, -0.25) is 9.36 Å². The monoisotopic (exact) mass is 330 g/mol. The van der Waals surface area contributed by atoms with E-state index < -0.39 is 0 Å². The molecule has 0 saturated heterocycles. The summed E-state index contributed by atoms with van der Waals surface area (Å²) in [5.41, 5.74) is 0.0215. The number of nitrogens with zero attached hydrogens (tertiary/aromatic N) is 4. The Kier molecular flexibility index (Phi) is 3.37. The van der Waals surface area contributed by atoms with Gasteiger partial charge in [-0.05, 0) is 29.5 Å². The fraction of sp³-hybridized carbons (Fsp3) is 0.300. The zero-order chi connectivity index (χ0) is 11.5. The molecule has 0 bridgehead atoms. The summed E-state index contributed by atoms with van der Waals surface area (Å²) in [5.74, 6) is 0.741. The van der Waals surface area contributed by atoms with E-state index in [1.54, 1.807) is 23.3 Å². The molecular weight excluding hydrogens is 319 g/mol. The average Bonchev–Trinajstić information content (AvgIpc) is 2.77. The van der Waals surface area contributed by atoms with Crippen LogP contribution in [0.5, 0.6) is 0 Å². The fourth-order valence-electron chi connectivity index (χ4n) is 1.45. The molecule has 0 unspecified atom stereocenters. The highest BCUT2D eigenvalue weighted by Crippen LogP contribution is 1.98. The van der Waals surface area contributed by atoms with E-state index in [-0.39, 0.29) is 5.56 Å².